The molecule has 0 aliphatic heterocycles. The number of hydrogen-bond donors (Lipinski definition) is 4. The van der Waals surface area contributed by atoms with Crippen LogP contribution in [0, 0.1) is 0 Å². The molecule has 0 saturated heterocycles. The van der Waals surface area contributed by atoms with Crippen molar-refractivity contribution in [2.75, 3.05) is 0 Å². The Morgan fingerprint density at radius 3 is 2.26 bits per heavy atom. The molecule has 31 heavy (non-hydrogen) atoms. The second-order valence-electron chi connectivity index (χ2n) is 6.53. The van der Waals surface area contributed by atoms with E-state index in [9.17, 15) is 30.0 Å². The molecule has 3 aromatic carbocycles. The van der Waals surface area contributed by atoms with Gasteiger partial charge in [-0.05, 0) is 42.5 Å². The Morgan fingerprint density at radius 2 is 1.58 bits per heavy atom. The summed E-state index contributed by atoms with van der Waals surface area (Å²) in [5.74, 6) is -3.46. The molecular formula is C22H13BrO8. The Morgan fingerprint density at radius 1 is 0.871 bits per heavy atom. The zero-order valence-corrected chi connectivity index (χ0v) is 17.1. The molecule has 0 saturated carbocycles. The number of benzene rings is 3. The minimum Gasteiger partial charge on any atom is -0.508 e. The van der Waals surface area contributed by atoms with Crippen molar-refractivity contribution < 1.29 is 34.4 Å². The van der Waals surface area contributed by atoms with Gasteiger partial charge < -0.3 is 29.6 Å². The lowest BCUT2D eigenvalue weighted by Gasteiger charge is -2.12. The lowest BCUT2D eigenvalue weighted by Crippen LogP contribution is -2.16. The number of aromatic hydroxyl groups is 4. The third-order valence-electron chi connectivity index (χ3n) is 4.43. The van der Waals surface area contributed by atoms with Crippen LogP contribution in [0.5, 0.6) is 28.7 Å². The minimum absolute atomic E-state index is 0.107. The van der Waals surface area contributed by atoms with Gasteiger partial charge in [-0.25, -0.2) is 4.79 Å². The fourth-order valence-electron chi connectivity index (χ4n) is 2.95. The van der Waals surface area contributed by atoms with Crippen LogP contribution in [0.2, 0.25) is 0 Å². The molecule has 0 unspecified atom stereocenters. The van der Waals surface area contributed by atoms with Gasteiger partial charge in [0.2, 0.25) is 11.2 Å². The normalized spacial score (nSPS) is 10.9. The molecule has 8 nitrogen and oxygen atoms in total. The van der Waals surface area contributed by atoms with E-state index >= 15 is 0 Å². The van der Waals surface area contributed by atoms with Crippen LogP contribution in [0.25, 0.3) is 22.3 Å². The first-order valence-corrected chi connectivity index (χ1v) is 9.57. The van der Waals surface area contributed by atoms with Crippen molar-refractivity contribution in [3.63, 3.8) is 0 Å². The van der Waals surface area contributed by atoms with Gasteiger partial charge in [-0.1, -0.05) is 15.9 Å². The van der Waals surface area contributed by atoms with E-state index in [1.54, 1.807) is 12.1 Å². The number of rotatable bonds is 3. The number of phenols is 4. The van der Waals surface area contributed by atoms with Crippen molar-refractivity contribution in [2.45, 2.75) is 0 Å². The van der Waals surface area contributed by atoms with Crippen LogP contribution >= 0.6 is 15.9 Å². The largest absolute Gasteiger partial charge is 0.508 e. The number of carbonyl (C=O) groups is 1. The molecule has 0 bridgehead atoms. The number of phenolic OH excluding ortho intramolecular Hbond substituents is 4. The van der Waals surface area contributed by atoms with E-state index in [-0.39, 0.29) is 33.6 Å². The molecule has 1 aromatic heterocycles. The van der Waals surface area contributed by atoms with Gasteiger partial charge in [-0.15, -0.1) is 0 Å². The Hall–Kier alpha value is -3.98. The van der Waals surface area contributed by atoms with Crippen LogP contribution in [0.1, 0.15) is 10.4 Å². The van der Waals surface area contributed by atoms with Gasteiger partial charge in [-0.3, -0.25) is 4.79 Å². The molecule has 0 aliphatic rings. The maximum absolute atomic E-state index is 13.1. The van der Waals surface area contributed by atoms with Gasteiger partial charge in [0, 0.05) is 22.2 Å². The molecule has 1 heterocycles. The molecule has 0 aliphatic carbocycles. The number of esters is 1. The van der Waals surface area contributed by atoms with Gasteiger partial charge in [0.1, 0.15) is 22.5 Å². The Kier molecular flexibility index (Phi) is 5.04. The Bertz CT molecular complexity index is 1390. The fourth-order valence-corrected chi connectivity index (χ4v) is 3.22. The minimum atomic E-state index is -0.869. The van der Waals surface area contributed by atoms with E-state index in [0.29, 0.717) is 0 Å². The number of carbonyl (C=O) groups excluding carboxylic acids is 1. The quantitative estimate of drug-likeness (QED) is 0.250. The standard InChI is InChI=1S/C22H13BrO8/c23-12-4-1-10(2-5-12)22(29)31-21-19(28)18-16(27)8-13(24)9-17(18)30-20(21)11-3-6-14(25)15(26)7-11/h1-9,24-27H. The highest BCUT2D eigenvalue weighted by molar-refractivity contribution is 9.10. The predicted octanol–water partition coefficient (Wildman–Crippen LogP) is 4.26. The maximum Gasteiger partial charge on any atom is 0.343 e. The van der Waals surface area contributed by atoms with Gasteiger partial charge in [0.15, 0.2) is 17.3 Å². The second-order valence-corrected chi connectivity index (χ2v) is 7.44. The van der Waals surface area contributed by atoms with Gasteiger partial charge in [0.05, 0.1) is 5.56 Å². The molecule has 4 rings (SSSR count). The van der Waals surface area contributed by atoms with Crippen LogP contribution in [0.15, 0.2) is 68.3 Å². The lowest BCUT2D eigenvalue weighted by molar-refractivity contribution is 0.0731. The monoisotopic (exact) mass is 484 g/mol. The molecule has 9 heteroatoms. The van der Waals surface area contributed by atoms with Gasteiger partial charge in [0.25, 0.3) is 0 Å². The summed E-state index contributed by atoms with van der Waals surface area (Å²) in [6.07, 6.45) is 0. The average molecular weight is 485 g/mol. The third kappa shape index (κ3) is 3.78. The smallest absolute Gasteiger partial charge is 0.343 e. The van der Waals surface area contributed by atoms with Crippen LogP contribution < -0.4 is 10.2 Å². The van der Waals surface area contributed by atoms with Crippen molar-refractivity contribution in [1.29, 1.82) is 0 Å². The summed E-state index contributed by atoms with van der Waals surface area (Å²) in [6.45, 7) is 0. The first-order valence-electron chi connectivity index (χ1n) is 8.77. The summed E-state index contributed by atoms with van der Waals surface area (Å²) in [5.41, 5.74) is -0.784. The SMILES string of the molecule is O=C(Oc1c(-c2ccc(O)c(O)c2)oc2cc(O)cc(O)c2c1=O)c1ccc(Br)cc1. The molecule has 0 atom stereocenters. The van der Waals surface area contributed by atoms with Gasteiger partial charge in [-0.2, -0.15) is 0 Å². The van der Waals surface area contributed by atoms with E-state index in [4.69, 9.17) is 9.15 Å². The summed E-state index contributed by atoms with van der Waals surface area (Å²) in [7, 11) is 0. The first kappa shape index (κ1) is 20.3. The zero-order chi connectivity index (χ0) is 22.3. The van der Waals surface area contributed by atoms with Crippen molar-refractivity contribution in [3.8, 4) is 40.1 Å². The molecule has 4 N–H and O–H groups in total. The van der Waals surface area contributed by atoms with Crippen molar-refractivity contribution in [3.05, 3.63) is 74.9 Å². The maximum atomic E-state index is 13.1. The van der Waals surface area contributed by atoms with Gasteiger partial charge >= 0.3 is 5.97 Å². The number of hydrogen-bond acceptors (Lipinski definition) is 8. The van der Waals surface area contributed by atoms with Crippen LogP contribution in [0.3, 0.4) is 0 Å². The fraction of sp³-hybridized carbons (Fsp3) is 0. The summed E-state index contributed by atoms with van der Waals surface area (Å²) < 4.78 is 11.8. The zero-order valence-electron chi connectivity index (χ0n) is 15.5. The highest BCUT2D eigenvalue weighted by Crippen LogP contribution is 2.38. The summed E-state index contributed by atoms with van der Waals surface area (Å²) in [6, 6.07) is 11.9. The van der Waals surface area contributed by atoms with E-state index in [1.807, 2.05) is 0 Å². The van der Waals surface area contributed by atoms with Crippen LogP contribution in [-0.4, -0.2) is 26.4 Å². The molecular weight excluding hydrogens is 472 g/mol. The second kappa shape index (κ2) is 7.69. The average Bonchev–Trinajstić information content (AvgIpc) is 2.71. The Labute approximate surface area is 182 Å². The summed E-state index contributed by atoms with van der Waals surface area (Å²) >= 11 is 3.26. The molecule has 156 valence electrons. The number of fused-ring (bicyclic) bond motifs is 1. The molecule has 0 amide bonds. The predicted molar refractivity (Wildman–Crippen MR) is 114 cm³/mol. The Balaban J connectivity index is 1.95. The first-order chi connectivity index (χ1) is 14.7. The van der Waals surface area contributed by atoms with Crippen molar-refractivity contribution >= 4 is 32.9 Å². The molecule has 0 radical (unpaired) electrons. The number of halogens is 1. The lowest BCUT2D eigenvalue weighted by atomic mass is 10.1. The van der Waals surface area contributed by atoms with E-state index in [2.05, 4.69) is 15.9 Å². The van der Waals surface area contributed by atoms with E-state index in [0.717, 1.165) is 28.7 Å². The summed E-state index contributed by atoms with van der Waals surface area (Å²) in [4.78, 5) is 25.8. The van der Waals surface area contributed by atoms with Crippen molar-refractivity contribution in [2.24, 2.45) is 0 Å². The number of ether oxygens (including phenoxy) is 1. The molecule has 0 fully saturated rings. The summed E-state index contributed by atoms with van der Waals surface area (Å²) in [5, 5.41) is 39.0. The topological polar surface area (TPSA) is 137 Å². The van der Waals surface area contributed by atoms with E-state index < -0.39 is 34.4 Å². The van der Waals surface area contributed by atoms with Crippen LogP contribution in [0.4, 0.5) is 0 Å². The molecule has 4 aromatic rings. The molecule has 0 spiro atoms. The van der Waals surface area contributed by atoms with E-state index in [1.165, 1.54) is 18.2 Å². The highest BCUT2D eigenvalue weighted by atomic mass is 79.9. The van der Waals surface area contributed by atoms with Crippen molar-refractivity contribution in [1.82, 2.24) is 0 Å². The highest BCUT2D eigenvalue weighted by Gasteiger charge is 2.24. The third-order valence-corrected chi connectivity index (χ3v) is 4.96. The van der Waals surface area contributed by atoms with Crippen LogP contribution in [-0.2, 0) is 0 Å².